The van der Waals surface area contributed by atoms with Crippen molar-refractivity contribution in [2.24, 2.45) is 0 Å². The molecule has 156 valence electrons. The largest absolute Gasteiger partial charge is 0.497 e. The van der Waals surface area contributed by atoms with E-state index in [1.54, 1.807) is 63.8 Å². The summed E-state index contributed by atoms with van der Waals surface area (Å²) in [6.45, 7) is 0. The van der Waals surface area contributed by atoms with Crippen molar-refractivity contribution in [1.82, 2.24) is 15.2 Å². The molecular weight excluding hydrogens is 474 g/mol. The summed E-state index contributed by atoms with van der Waals surface area (Å²) in [6.07, 6.45) is 1.54. The van der Waals surface area contributed by atoms with Crippen molar-refractivity contribution in [3.63, 3.8) is 0 Å². The van der Waals surface area contributed by atoms with Crippen LogP contribution in [0.5, 0.6) is 17.2 Å². The molecule has 1 heterocycles. The topological polar surface area (TPSA) is 107 Å². The Morgan fingerprint density at radius 3 is 2.37 bits per heavy atom. The van der Waals surface area contributed by atoms with Gasteiger partial charge in [-0.25, -0.2) is 9.78 Å². The number of rotatable bonds is 8. The number of halogens is 1. The highest BCUT2D eigenvalue weighted by molar-refractivity contribution is 9.10. The summed E-state index contributed by atoms with van der Waals surface area (Å²) in [5.74, 6) is 1.24. The lowest BCUT2D eigenvalue weighted by Crippen LogP contribution is -1.97. The van der Waals surface area contributed by atoms with Crippen LogP contribution in [0.3, 0.4) is 0 Å². The lowest BCUT2D eigenvalue weighted by atomic mass is 10.2. The average Bonchev–Trinajstić information content (AvgIpc) is 3.21. The minimum atomic E-state index is -1.08. The van der Waals surface area contributed by atoms with E-state index in [4.69, 9.17) is 14.2 Å². The standard InChI is InChI=1S/C20H18BrN3O5S/c1-27-13-8-12(9-14(10-13)28-2)18-22-20(24-23-18)30-17(19(25)26)7-11-4-5-16(29-3)15(21)6-11/h4-10H,1-3H3,(H,25,26)(H,22,23,24)/b17-7-. The van der Waals surface area contributed by atoms with Gasteiger partial charge in [-0.05, 0) is 63.6 Å². The van der Waals surface area contributed by atoms with Crippen molar-refractivity contribution in [1.29, 1.82) is 0 Å². The molecule has 0 amide bonds. The molecule has 0 saturated heterocycles. The Morgan fingerprint density at radius 2 is 1.80 bits per heavy atom. The van der Waals surface area contributed by atoms with Crippen molar-refractivity contribution in [2.75, 3.05) is 21.3 Å². The number of aromatic nitrogens is 3. The molecule has 0 radical (unpaired) electrons. The van der Waals surface area contributed by atoms with Crippen molar-refractivity contribution >= 4 is 39.7 Å². The highest BCUT2D eigenvalue weighted by Crippen LogP contribution is 2.32. The molecule has 0 aliphatic rings. The Hall–Kier alpha value is -2.98. The SMILES string of the molecule is COc1cc(OC)cc(-c2nc(S/C(=C\c3ccc(OC)c(Br)c3)C(=O)O)n[nH]2)c1. The van der Waals surface area contributed by atoms with Gasteiger partial charge in [0.15, 0.2) is 5.82 Å². The van der Waals surface area contributed by atoms with E-state index in [0.717, 1.165) is 16.2 Å². The van der Waals surface area contributed by atoms with E-state index in [1.165, 1.54) is 0 Å². The second-order valence-corrected chi connectivity index (χ2v) is 7.74. The highest BCUT2D eigenvalue weighted by atomic mass is 79.9. The summed E-state index contributed by atoms with van der Waals surface area (Å²) in [4.78, 5) is 16.2. The summed E-state index contributed by atoms with van der Waals surface area (Å²) in [5, 5.41) is 16.8. The van der Waals surface area contributed by atoms with Gasteiger partial charge in [-0.3, -0.25) is 5.10 Å². The Bertz CT molecular complexity index is 1080. The number of nitrogens with one attached hydrogen (secondary N) is 1. The minimum absolute atomic E-state index is 0.0702. The zero-order valence-corrected chi connectivity index (χ0v) is 18.7. The third-order valence-electron chi connectivity index (χ3n) is 3.98. The lowest BCUT2D eigenvalue weighted by molar-refractivity contribution is -0.131. The molecule has 0 aliphatic carbocycles. The number of benzene rings is 2. The number of carboxylic acid groups (broad SMARTS) is 1. The van der Waals surface area contributed by atoms with Gasteiger partial charge in [0.1, 0.15) is 22.2 Å². The van der Waals surface area contributed by atoms with Crippen LogP contribution >= 0.6 is 27.7 Å². The lowest BCUT2D eigenvalue weighted by Gasteiger charge is -2.06. The van der Waals surface area contributed by atoms with Gasteiger partial charge < -0.3 is 19.3 Å². The fourth-order valence-corrected chi connectivity index (χ4v) is 3.79. The number of carbonyl (C=O) groups is 1. The monoisotopic (exact) mass is 491 g/mol. The number of aromatic amines is 1. The van der Waals surface area contributed by atoms with E-state index >= 15 is 0 Å². The maximum Gasteiger partial charge on any atom is 0.342 e. The summed E-state index contributed by atoms with van der Waals surface area (Å²) in [6, 6.07) is 10.6. The maximum absolute atomic E-state index is 11.7. The van der Waals surface area contributed by atoms with Crippen LogP contribution in [-0.4, -0.2) is 47.6 Å². The maximum atomic E-state index is 11.7. The summed E-state index contributed by atoms with van der Waals surface area (Å²) >= 11 is 4.34. The van der Waals surface area contributed by atoms with Crippen LogP contribution in [0, 0.1) is 0 Å². The number of hydrogen-bond acceptors (Lipinski definition) is 7. The number of methoxy groups -OCH3 is 3. The Labute approximate surface area is 185 Å². The highest BCUT2D eigenvalue weighted by Gasteiger charge is 2.15. The molecule has 1 aromatic heterocycles. The Morgan fingerprint density at radius 1 is 1.10 bits per heavy atom. The molecule has 8 nitrogen and oxygen atoms in total. The van der Waals surface area contributed by atoms with E-state index in [1.807, 2.05) is 0 Å². The third-order valence-corrected chi connectivity index (χ3v) is 5.47. The second-order valence-electron chi connectivity index (χ2n) is 5.88. The molecule has 0 unspecified atom stereocenters. The number of ether oxygens (including phenoxy) is 3. The van der Waals surface area contributed by atoms with Crippen LogP contribution in [0.4, 0.5) is 0 Å². The van der Waals surface area contributed by atoms with Gasteiger partial charge in [-0.15, -0.1) is 5.10 Å². The van der Waals surface area contributed by atoms with E-state index in [2.05, 4.69) is 31.1 Å². The molecule has 3 aromatic rings. The molecular formula is C20H18BrN3O5S. The fraction of sp³-hybridized carbons (Fsp3) is 0.150. The van der Waals surface area contributed by atoms with Crippen molar-refractivity contribution in [3.8, 4) is 28.6 Å². The quantitative estimate of drug-likeness (QED) is 0.350. The normalized spacial score (nSPS) is 11.3. The second kappa shape index (κ2) is 9.68. The first-order valence-corrected chi connectivity index (χ1v) is 10.2. The van der Waals surface area contributed by atoms with Gasteiger partial charge >= 0.3 is 5.97 Å². The zero-order valence-electron chi connectivity index (χ0n) is 16.3. The van der Waals surface area contributed by atoms with E-state index in [9.17, 15) is 9.90 Å². The van der Waals surface area contributed by atoms with Crippen molar-refractivity contribution < 1.29 is 24.1 Å². The van der Waals surface area contributed by atoms with Crippen molar-refractivity contribution in [2.45, 2.75) is 5.16 Å². The summed E-state index contributed by atoms with van der Waals surface area (Å²) in [5.41, 5.74) is 1.39. The minimum Gasteiger partial charge on any atom is -0.497 e. The molecule has 0 spiro atoms. The number of thioether (sulfide) groups is 1. The van der Waals surface area contributed by atoms with Crippen LogP contribution in [-0.2, 0) is 4.79 Å². The first kappa shape index (κ1) is 21.7. The zero-order chi connectivity index (χ0) is 21.7. The number of aliphatic carboxylic acids is 1. The van der Waals surface area contributed by atoms with E-state index < -0.39 is 5.97 Å². The van der Waals surface area contributed by atoms with Crippen LogP contribution in [0.15, 0.2) is 50.9 Å². The average molecular weight is 492 g/mol. The van der Waals surface area contributed by atoms with Gasteiger partial charge in [-0.1, -0.05) is 6.07 Å². The predicted molar refractivity (Wildman–Crippen MR) is 117 cm³/mol. The van der Waals surface area contributed by atoms with Crippen LogP contribution in [0.1, 0.15) is 5.56 Å². The van der Waals surface area contributed by atoms with Gasteiger partial charge in [0.05, 0.1) is 25.8 Å². The van der Waals surface area contributed by atoms with E-state index in [-0.39, 0.29) is 10.1 Å². The molecule has 0 saturated carbocycles. The number of nitrogens with zero attached hydrogens (tertiary/aromatic N) is 2. The summed E-state index contributed by atoms with van der Waals surface area (Å²) < 4.78 is 16.5. The molecule has 2 aromatic carbocycles. The number of carboxylic acids is 1. The van der Waals surface area contributed by atoms with Crippen LogP contribution in [0.2, 0.25) is 0 Å². The first-order valence-electron chi connectivity index (χ1n) is 8.55. The molecule has 0 aliphatic heterocycles. The van der Waals surface area contributed by atoms with Gasteiger partial charge in [0.2, 0.25) is 5.16 Å². The molecule has 30 heavy (non-hydrogen) atoms. The number of H-pyrrole nitrogens is 1. The third kappa shape index (κ3) is 5.14. The molecule has 2 N–H and O–H groups in total. The van der Waals surface area contributed by atoms with Gasteiger partial charge in [0.25, 0.3) is 0 Å². The van der Waals surface area contributed by atoms with Gasteiger partial charge in [0, 0.05) is 11.6 Å². The number of hydrogen-bond donors (Lipinski definition) is 2. The smallest absolute Gasteiger partial charge is 0.342 e. The first-order chi connectivity index (χ1) is 14.4. The predicted octanol–water partition coefficient (Wildman–Crippen LogP) is 4.48. The molecule has 0 bridgehead atoms. The fourth-order valence-electron chi connectivity index (χ4n) is 2.52. The van der Waals surface area contributed by atoms with Crippen LogP contribution in [0.25, 0.3) is 17.5 Å². The van der Waals surface area contributed by atoms with Crippen LogP contribution < -0.4 is 14.2 Å². The van der Waals surface area contributed by atoms with Crippen molar-refractivity contribution in [3.05, 3.63) is 51.3 Å². The molecule has 0 fully saturated rings. The Balaban J connectivity index is 1.87. The molecule has 0 atom stereocenters. The Kier molecular flexibility index (Phi) is 7.01. The molecule has 10 heteroatoms. The van der Waals surface area contributed by atoms with E-state index in [0.29, 0.717) is 34.2 Å². The van der Waals surface area contributed by atoms with Gasteiger partial charge in [-0.2, -0.15) is 0 Å². The molecule has 3 rings (SSSR count). The summed E-state index contributed by atoms with van der Waals surface area (Å²) in [7, 11) is 4.68.